The number of rotatable bonds is 5. The maximum Gasteiger partial charge on any atom is 0.303 e. The molecule has 6 heteroatoms. The topological polar surface area (TPSA) is 81.8 Å². The number of hydrogen-bond donors (Lipinski definition) is 2. The van der Waals surface area contributed by atoms with Crippen molar-refractivity contribution in [2.24, 2.45) is 5.73 Å². The van der Waals surface area contributed by atoms with E-state index in [2.05, 4.69) is 29.8 Å². The number of fused-ring (bicyclic) bond motifs is 1. The van der Waals surface area contributed by atoms with E-state index in [1.807, 2.05) is 6.07 Å². The van der Waals surface area contributed by atoms with Gasteiger partial charge >= 0.3 is 5.97 Å². The van der Waals surface area contributed by atoms with Crippen LogP contribution in [0, 0.1) is 0 Å². The summed E-state index contributed by atoms with van der Waals surface area (Å²) in [5.74, 6) is 0.804. The molecule has 0 bridgehead atoms. The quantitative estimate of drug-likeness (QED) is 0.845. The van der Waals surface area contributed by atoms with Crippen LogP contribution in [0.5, 0.6) is 11.5 Å². The van der Waals surface area contributed by atoms with E-state index in [0.717, 1.165) is 21.3 Å². The zero-order chi connectivity index (χ0) is 15.6. The maximum atomic E-state index is 10.7. The zero-order valence-corrected chi connectivity index (χ0v) is 13.8. The largest absolute Gasteiger partial charge is 0.486 e. The molecule has 0 radical (unpaired) electrons. The molecule has 2 rings (SSSR count). The van der Waals surface area contributed by atoms with E-state index in [4.69, 9.17) is 20.3 Å². The number of carboxylic acid groups (broad SMARTS) is 1. The molecule has 5 nitrogen and oxygen atoms in total. The molecule has 0 spiro atoms. The summed E-state index contributed by atoms with van der Waals surface area (Å²) in [5.41, 5.74) is 8.13. The predicted molar refractivity (Wildman–Crippen MR) is 83.0 cm³/mol. The lowest BCUT2D eigenvalue weighted by Gasteiger charge is -2.28. The Morgan fingerprint density at radius 3 is 2.57 bits per heavy atom. The van der Waals surface area contributed by atoms with E-state index in [1.54, 1.807) is 0 Å². The van der Waals surface area contributed by atoms with Gasteiger partial charge in [0.05, 0.1) is 4.47 Å². The summed E-state index contributed by atoms with van der Waals surface area (Å²) in [7, 11) is 0. The van der Waals surface area contributed by atoms with Crippen molar-refractivity contribution in [2.45, 2.75) is 38.6 Å². The van der Waals surface area contributed by atoms with Gasteiger partial charge in [0.1, 0.15) is 13.2 Å². The number of ether oxygens (including phenoxy) is 2. The average Bonchev–Trinajstić information content (AvgIpc) is 2.44. The van der Waals surface area contributed by atoms with Crippen LogP contribution >= 0.6 is 15.9 Å². The van der Waals surface area contributed by atoms with E-state index in [0.29, 0.717) is 25.4 Å². The minimum Gasteiger partial charge on any atom is -0.486 e. The van der Waals surface area contributed by atoms with Gasteiger partial charge < -0.3 is 20.3 Å². The Hall–Kier alpha value is -1.27. The predicted octanol–water partition coefficient (Wildman–Crippen LogP) is 3.21. The minimum absolute atomic E-state index is 0.0464. The Balaban J connectivity index is 2.44. The molecule has 116 valence electrons. The first-order valence-corrected chi connectivity index (χ1v) is 7.80. The smallest absolute Gasteiger partial charge is 0.303 e. The van der Waals surface area contributed by atoms with Crippen LogP contribution in [0.25, 0.3) is 0 Å². The first kappa shape index (κ1) is 16.1. The second-order valence-corrected chi connectivity index (χ2v) is 6.26. The highest BCUT2D eigenvalue weighted by molar-refractivity contribution is 9.10. The van der Waals surface area contributed by atoms with Crippen molar-refractivity contribution < 1.29 is 19.4 Å². The molecule has 0 saturated heterocycles. The fraction of sp³-hybridized carbons (Fsp3) is 0.533. The number of carboxylic acids is 1. The van der Waals surface area contributed by atoms with Crippen molar-refractivity contribution in [3.05, 3.63) is 21.7 Å². The molecule has 0 aromatic heterocycles. The van der Waals surface area contributed by atoms with Crippen molar-refractivity contribution in [2.75, 3.05) is 13.2 Å². The number of halogens is 1. The summed E-state index contributed by atoms with van der Waals surface area (Å²) in [5, 5.41) is 8.82. The maximum absolute atomic E-state index is 10.7. The fourth-order valence-corrected chi connectivity index (χ4v) is 3.08. The standard InChI is InChI=1S/C15H20BrNO4/c1-8(2)13-9(11(17)3-4-12(18)19)7-10(16)14-15(13)21-6-5-20-14/h7-8,11H,3-6,17H2,1-2H3,(H,18,19). The Morgan fingerprint density at radius 2 is 2.00 bits per heavy atom. The third kappa shape index (κ3) is 3.49. The van der Waals surface area contributed by atoms with Crippen LogP contribution in [0.2, 0.25) is 0 Å². The minimum atomic E-state index is -0.840. The monoisotopic (exact) mass is 357 g/mol. The summed E-state index contributed by atoms with van der Waals surface area (Å²) in [6.07, 6.45) is 0.436. The van der Waals surface area contributed by atoms with Crippen molar-refractivity contribution in [1.82, 2.24) is 0 Å². The van der Waals surface area contributed by atoms with Gasteiger partial charge in [-0.05, 0) is 39.9 Å². The van der Waals surface area contributed by atoms with Crippen LogP contribution in [0.3, 0.4) is 0 Å². The highest BCUT2D eigenvalue weighted by atomic mass is 79.9. The van der Waals surface area contributed by atoms with Gasteiger partial charge in [-0.25, -0.2) is 0 Å². The number of carbonyl (C=O) groups is 1. The SMILES string of the molecule is CC(C)c1c(C(N)CCC(=O)O)cc(Br)c2c1OCCO2. The Morgan fingerprint density at radius 1 is 1.38 bits per heavy atom. The molecule has 1 aromatic rings. The molecule has 3 N–H and O–H groups in total. The number of benzene rings is 1. The Labute approximate surface area is 132 Å². The normalized spacial score (nSPS) is 15.1. The molecule has 0 saturated carbocycles. The molecule has 1 unspecified atom stereocenters. The summed E-state index contributed by atoms with van der Waals surface area (Å²) >= 11 is 3.49. The van der Waals surface area contributed by atoms with E-state index in [-0.39, 0.29) is 18.4 Å². The zero-order valence-electron chi connectivity index (χ0n) is 12.2. The fourth-order valence-electron chi connectivity index (χ4n) is 2.54. The number of hydrogen-bond acceptors (Lipinski definition) is 4. The van der Waals surface area contributed by atoms with Crippen LogP contribution in [0.4, 0.5) is 0 Å². The molecule has 0 fully saturated rings. The molecule has 1 aliphatic heterocycles. The van der Waals surface area contributed by atoms with Crippen LogP contribution < -0.4 is 15.2 Å². The Bertz CT molecular complexity index is 545. The van der Waals surface area contributed by atoms with Gasteiger partial charge in [-0.3, -0.25) is 4.79 Å². The molecule has 1 aromatic carbocycles. The molecule has 1 aliphatic rings. The molecule has 1 heterocycles. The van der Waals surface area contributed by atoms with Crippen molar-refractivity contribution >= 4 is 21.9 Å². The van der Waals surface area contributed by atoms with Gasteiger partial charge in [-0.15, -0.1) is 0 Å². The van der Waals surface area contributed by atoms with Crippen molar-refractivity contribution in [3.63, 3.8) is 0 Å². The van der Waals surface area contributed by atoms with Crippen molar-refractivity contribution in [1.29, 1.82) is 0 Å². The van der Waals surface area contributed by atoms with E-state index in [1.165, 1.54) is 0 Å². The van der Waals surface area contributed by atoms with Crippen LogP contribution in [0.15, 0.2) is 10.5 Å². The van der Waals surface area contributed by atoms with E-state index in [9.17, 15) is 4.79 Å². The molecule has 0 amide bonds. The van der Waals surface area contributed by atoms with E-state index >= 15 is 0 Å². The van der Waals surface area contributed by atoms with Gasteiger partial charge in [-0.2, -0.15) is 0 Å². The van der Waals surface area contributed by atoms with Crippen LogP contribution in [-0.2, 0) is 4.79 Å². The highest BCUT2D eigenvalue weighted by Crippen LogP contribution is 2.46. The molecular weight excluding hydrogens is 338 g/mol. The van der Waals surface area contributed by atoms with Crippen LogP contribution in [-0.4, -0.2) is 24.3 Å². The van der Waals surface area contributed by atoms with Gasteiger partial charge in [0.25, 0.3) is 0 Å². The average molecular weight is 358 g/mol. The second kappa shape index (κ2) is 6.66. The highest BCUT2D eigenvalue weighted by Gasteiger charge is 2.26. The summed E-state index contributed by atoms with van der Waals surface area (Å²) in [6, 6.07) is 1.58. The van der Waals surface area contributed by atoms with Gasteiger partial charge in [0.15, 0.2) is 11.5 Å². The molecule has 0 aliphatic carbocycles. The van der Waals surface area contributed by atoms with Gasteiger partial charge in [-0.1, -0.05) is 13.8 Å². The first-order valence-electron chi connectivity index (χ1n) is 7.01. The first-order chi connectivity index (χ1) is 9.91. The lowest BCUT2D eigenvalue weighted by Crippen LogP contribution is -2.21. The third-order valence-corrected chi connectivity index (χ3v) is 4.07. The van der Waals surface area contributed by atoms with Gasteiger partial charge in [0, 0.05) is 18.0 Å². The molecule has 1 atom stereocenters. The second-order valence-electron chi connectivity index (χ2n) is 5.41. The Kier molecular flexibility index (Phi) is 5.11. The summed E-state index contributed by atoms with van der Waals surface area (Å²) < 4.78 is 12.3. The summed E-state index contributed by atoms with van der Waals surface area (Å²) in [4.78, 5) is 10.7. The van der Waals surface area contributed by atoms with Crippen LogP contribution in [0.1, 0.15) is 49.8 Å². The van der Waals surface area contributed by atoms with E-state index < -0.39 is 5.97 Å². The lowest BCUT2D eigenvalue weighted by molar-refractivity contribution is -0.137. The van der Waals surface area contributed by atoms with Gasteiger partial charge in [0.2, 0.25) is 0 Å². The lowest BCUT2D eigenvalue weighted by atomic mass is 9.89. The number of aliphatic carboxylic acids is 1. The number of nitrogens with two attached hydrogens (primary N) is 1. The van der Waals surface area contributed by atoms with Crippen molar-refractivity contribution in [3.8, 4) is 11.5 Å². The third-order valence-electron chi connectivity index (χ3n) is 3.48. The molecular formula is C15H20BrNO4. The molecule has 21 heavy (non-hydrogen) atoms. The summed E-state index contributed by atoms with van der Waals surface area (Å²) in [6.45, 7) is 5.16.